The van der Waals surface area contributed by atoms with Crippen molar-refractivity contribution < 1.29 is 9.84 Å². The molecule has 1 aromatic rings. The Bertz CT molecular complexity index is 348. The van der Waals surface area contributed by atoms with Gasteiger partial charge in [-0.05, 0) is 24.8 Å². The number of halogens is 1. The van der Waals surface area contributed by atoms with Crippen LogP contribution in [0.2, 0.25) is 5.02 Å². The molecule has 1 saturated heterocycles. The second kappa shape index (κ2) is 5.02. The molecule has 5 heteroatoms. The van der Waals surface area contributed by atoms with Gasteiger partial charge >= 0.3 is 0 Å². The van der Waals surface area contributed by atoms with Gasteiger partial charge in [0.05, 0.1) is 28.7 Å². The van der Waals surface area contributed by atoms with Gasteiger partial charge in [0.1, 0.15) is 0 Å². The first-order valence-corrected chi connectivity index (χ1v) is 6.62. The third kappa shape index (κ3) is 2.76. The number of thiophene rings is 1. The molecule has 90 valence electrons. The van der Waals surface area contributed by atoms with E-state index in [1.54, 1.807) is 6.92 Å². The summed E-state index contributed by atoms with van der Waals surface area (Å²) in [5.41, 5.74) is -0.885. The van der Waals surface area contributed by atoms with Gasteiger partial charge in [0.2, 0.25) is 0 Å². The number of hydrogen-bond donors (Lipinski definition) is 2. The van der Waals surface area contributed by atoms with Gasteiger partial charge in [-0.2, -0.15) is 0 Å². The van der Waals surface area contributed by atoms with Gasteiger partial charge in [0.15, 0.2) is 0 Å². The summed E-state index contributed by atoms with van der Waals surface area (Å²) in [6.45, 7) is 4.05. The van der Waals surface area contributed by atoms with E-state index in [0.717, 1.165) is 18.0 Å². The Morgan fingerprint density at radius 1 is 1.75 bits per heavy atom. The van der Waals surface area contributed by atoms with E-state index in [9.17, 15) is 5.11 Å². The van der Waals surface area contributed by atoms with Crippen molar-refractivity contribution in [3.63, 3.8) is 0 Å². The Morgan fingerprint density at radius 3 is 3.12 bits per heavy atom. The maximum Gasteiger partial charge on any atom is 0.0990 e. The van der Waals surface area contributed by atoms with Crippen LogP contribution in [-0.4, -0.2) is 30.9 Å². The molecule has 2 atom stereocenters. The number of morpholine rings is 1. The van der Waals surface area contributed by atoms with Crippen LogP contribution in [0.5, 0.6) is 0 Å². The van der Waals surface area contributed by atoms with E-state index < -0.39 is 5.60 Å². The van der Waals surface area contributed by atoms with E-state index in [-0.39, 0.29) is 6.04 Å². The van der Waals surface area contributed by atoms with E-state index in [1.807, 2.05) is 11.4 Å². The average Bonchev–Trinajstić information content (AvgIpc) is 2.66. The molecule has 2 heterocycles. The standard InChI is InChI=1S/C11H16ClNO2S/c1-11(14,10-9(12)2-5-16-10)6-8-7-15-4-3-13-8/h2,5,8,13-14H,3-4,6-7H2,1H3. The Balaban J connectivity index is 2.04. The molecular weight excluding hydrogens is 246 g/mol. The molecule has 3 nitrogen and oxygen atoms in total. The lowest BCUT2D eigenvalue weighted by molar-refractivity contribution is 0.00555. The Morgan fingerprint density at radius 2 is 2.56 bits per heavy atom. The molecule has 0 aromatic carbocycles. The summed E-state index contributed by atoms with van der Waals surface area (Å²) >= 11 is 7.54. The topological polar surface area (TPSA) is 41.5 Å². The van der Waals surface area contributed by atoms with Crippen molar-refractivity contribution in [1.82, 2.24) is 5.32 Å². The Labute approximate surface area is 104 Å². The van der Waals surface area contributed by atoms with Crippen LogP contribution in [0.3, 0.4) is 0 Å². The average molecular weight is 262 g/mol. The van der Waals surface area contributed by atoms with E-state index in [4.69, 9.17) is 16.3 Å². The Kier molecular flexibility index (Phi) is 3.87. The summed E-state index contributed by atoms with van der Waals surface area (Å²) in [7, 11) is 0. The van der Waals surface area contributed by atoms with Crippen LogP contribution in [0, 0.1) is 0 Å². The summed E-state index contributed by atoms with van der Waals surface area (Å²) in [5, 5.41) is 16.3. The molecule has 2 N–H and O–H groups in total. The maximum atomic E-state index is 10.4. The SMILES string of the molecule is CC(O)(CC1COCCN1)c1sccc1Cl. The van der Waals surface area contributed by atoms with Crippen molar-refractivity contribution in [1.29, 1.82) is 0 Å². The first-order chi connectivity index (χ1) is 7.59. The molecular formula is C11H16ClNO2S. The lowest BCUT2D eigenvalue weighted by Crippen LogP contribution is -2.45. The van der Waals surface area contributed by atoms with Crippen molar-refractivity contribution in [2.45, 2.75) is 25.0 Å². The van der Waals surface area contributed by atoms with E-state index in [0.29, 0.717) is 18.1 Å². The first kappa shape index (κ1) is 12.3. The van der Waals surface area contributed by atoms with Crippen LogP contribution in [0.4, 0.5) is 0 Å². The fraction of sp³-hybridized carbons (Fsp3) is 0.636. The number of aliphatic hydroxyl groups is 1. The summed E-state index contributed by atoms with van der Waals surface area (Å²) in [6.07, 6.45) is 0.618. The summed E-state index contributed by atoms with van der Waals surface area (Å²) in [4.78, 5) is 0.835. The molecule has 0 spiro atoms. The van der Waals surface area contributed by atoms with Crippen LogP contribution in [0.25, 0.3) is 0 Å². The Hall–Kier alpha value is -0.130. The minimum Gasteiger partial charge on any atom is -0.385 e. The molecule has 1 fully saturated rings. The smallest absolute Gasteiger partial charge is 0.0990 e. The van der Waals surface area contributed by atoms with Gasteiger partial charge < -0.3 is 15.2 Å². The van der Waals surface area contributed by atoms with Gasteiger partial charge in [-0.3, -0.25) is 0 Å². The van der Waals surface area contributed by atoms with Gasteiger partial charge in [-0.25, -0.2) is 0 Å². The van der Waals surface area contributed by atoms with Crippen molar-refractivity contribution in [3.05, 3.63) is 21.3 Å². The number of rotatable bonds is 3. The highest BCUT2D eigenvalue weighted by Crippen LogP contribution is 2.36. The minimum absolute atomic E-state index is 0.196. The van der Waals surface area contributed by atoms with Crippen LogP contribution in [-0.2, 0) is 10.3 Å². The summed E-state index contributed by atoms with van der Waals surface area (Å²) in [6, 6.07) is 2.02. The van der Waals surface area contributed by atoms with Crippen LogP contribution >= 0.6 is 22.9 Å². The molecule has 0 bridgehead atoms. The van der Waals surface area contributed by atoms with E-state index in [1.165, 1.54) is 11.3 Å². The highest BCUT2D eigenvalue weighted by atomic mass is 35.5. The molecule has 1 aliphatic rings. The zero-order chi connectivity index (χ0) is 11.6. The first-order valence-electron chi connectivity index (χ1n) is 5.36. The number of ether oxygens (including phenoxy) is 1. The van der Waals surface area contributed by atoms with Crippen molar-refractivity contribution in [2.24, 2.45) is 0 Å². The maximum absolute atomic E-state index is 10.4. The molecule has 2 rings (SSSR count). The number of hydrogen-bond acceptors (Lipinski definition) is 4. The van der Waals surface area contributed by atoms with Gasteiger partial charge in [-0.1, -0.05) is 11.6 Å². The highest BCUT2D eigenvalue weighted by molar-refractivity contribution is 7.10. The number of nitrogens with one attached hydrogen (secondary N) is 1. The van der Waals surface area contributed by atoms with Crippen LogP contribution in [0.15, 0.2) is 11.4 Å². The van der Waals surface area contributed by atoms with Crippen molar-refractivity contribution in [2.75, 3.05) is 19.8 Å². The predicted molar refractivity (Wildman–Crippen MR) is 66.1 cm³/mol. The van der Waals surface area contributed by atoms with E-state index in [2.05, 4.69) is 5.32 Å². The second-order valence-corrected chi connectivity index (χ2v) is 5.62. The summed E-state index contributed by atoms with van der Waals surface area (Å²) < 4.78 is 5.37. The molecule has 0 radical (unpaired) electrons. The third-order valence-electron chi connectivity index (χ3n) is 2.75. The molecule has 0 aliphatic carbocycles. The quantitative estimate of drug-likeness (QED) is 0.874. The largest absolute Gasteiger partial charge is 0.385 e. The fourth-order valence-corrected chi connectivity index (χ4v) is 3.33. The van der Waals surface area contributed by atoms with Gasteiger partial charge in [-0.15, -0.1) is 11.3 Å². The summed E-state index contributed by atoms with van der Waals surface area (Å²) in [5.74, 6) is 0. The van der Waals surface area contributed by atoms with Crippen LogP contribution < -0.4 is 5.32 Å². The third-order valence-corrected chi connectivity index (χ3v) is 4.34. The lowest BCUT2D eigenvalue weighted by atomic mass is 9.95. The molecule has 16 heavy (non-hydrogen) atoms. The van der Waals surface area contributed by atoms with Crippen LogP contribution in [0.1, 0.15) is 18.2 Å². The molecule has 0 saturated carbocycles. The van der Waals surface area contributed by atoms with Gasteiger partial charge in [0, 0.05) is 12.6 Å². The second-order valence-electron chi connectivity index (χ2n) is 4.30. The molecule has 2 unspecified atom stereocenters. The highest BCUT2D eigenvalue weighted by Gasteiger charge is 2.31. The van der Waals surface area contributed by atoms with Crippen molar-refractivity contribution >= 4 is 22.9 Å². The molecule has 1 aliphatic heterocycles. The fourth-order valence-electron chi connectivity index (χ4n) is 2.00. The zero-order valence-corrected chi connectivity index (χ0v) is 10.8. The predicted octanol–water partition coefficient (Wildman–Crippen LogP) is 1.99. The normalized spacial score (nSPS) is 25.3. The minimum atomic E-state index is -0.885. The molecule has 1 aromatic heterocycles. The molecule has 0 amide bonds. The lowest BCUT2D eigenvalue weighted by Gasteiger charge is -2.31. The van der Waals surface area contributed by atoms with Crippen molar-refractivity contribution in [3.8, 4) is 0 Å². The zero-order valence-electron chi connectivity index (χ0n) is 9.20. The monoisotopic (exact) mass is 261 g/mol. The van der Waals surface area contributed by atoms with E-state index >= 15 is 0 Å². The van der Waals surface area contributed by atoms with Gasteiger partial charge in [0.25, 0.3) is 0 Å².